The largest absolute Gasteiger partial charge is 0.441 e. The van der Waals surface area contributed by atoms with Crippen molar-refractivity contribution in [3.8, 4) is 0 Å². The van der Waals surface area contributed by atoms with Crippen LogP contribution in [-0.2, 0) is 27.4 Å². The van der Waals surface area contributed by atoms with Crippen LogP contribution in [0.25, 0.3) is 5.57 Å². The Morgan fingerprint density at radius 3 is 2.65 bits per heavy atom. The molecule has 43 heavy (non-hydrogen) atoms. The molecule has 0 saturated carbocycles. The number of aliphatic hydroxyl groups is 1. The summed E-state index contributed by atoms with van der Waals surface area (Å²) in [5.74, 6) is -0.852. The lowest BCUT2D eigenvalue weighted by molar-refractivity contribution is -0.117. The van der Waals surface area contributed by atoms with Gasteiger partial charge in [-0.1, -0.05) is 43.0 Å². The van der Waals surface area contributed by atoms with Crippen LogP contribution in [0.3, 0.4) is 0 Å². The van der Waals surface area contributed by atoms with Gasteiger partial charge in [-0.3, -0.25) is 19.6 Å². The van der Waals surface area contributed by atoms with Gasteiger partial charge in [0.2, 0.25) is 0 Å². The molecule has 1 aromatic carbocycles. The fourth-order valence-electron chi connectivity index (χ4n) is 5.38. The molecule has 1 spiro atoms. The van der Waals surface area contributed by atoms with Crippen molar-refractivity contribution >= 4 is 23.7 Å². The molecule has 1 aromatic rings. The molecular formula is C32H36F3N3O5. The molecule has 8 nitrogen and oxygen atoms in total. The monoisotopic (exact) mass is 599 g/mol. The van der Waals surface area contributed by atoms with Crippen molar-refractivity contribution in [2.45, 2.75) is 44.7 Å². The minimum absolute atomic E-state index is 0.200. The molecule has 1 N–H and O–H groups in total. The first-order valence-corrected chi connectivity index (χ1v) is 14.0. The normalized spacial score (nSPS) is 21.3. The Morgan fingerprint density at radius 2 is 2.00 bits per heavy atom. The summed E-state index contributed by atoms with van der Waals surface area (Å²) in [6.45, 7) is 7.57. The van der Waals surface area contributed by atoms with Crippen LogP contribution in [0.5, 0.6) is 0 Å². The summed E-state index contributed by atoms with van der Waals surface area (Å²) in [5, 5.41) is 9.48. The van der Waals surface area contributed by atoms with Crippen LogP contribution in [-0.4, -0.2) is 78.1 Å². The number of nitrogens with zero attached hydrogens (tertiary/aromatic N) is 3. The lowest BCUT2D eigenvalue weighted by Crippen LogP contribution is -2.46. The number of carbonyl (C=O) groups is 2. The Labute approximate surface area is 249 Å². The number of allylic oxidation sites excluding steroid dienone is 7. The van der Waals surface area contributed by atoms with Crippen molar-refractivity contribution in [2.24, 2.45) is 10.9 Å². The lowest BCUT2D eigenvalue weighted by atomic mass is 9.90. The first kappa shape index (κ1) is 32.1. The van der Waals surface area contributed by atoms with E-state index in [0.717, 1.165) is 23.4 Å². The number of halogens is 3. The standard InChI is InChI=1S/C32H36F3N3O5/c1-4-29(32(33,34)35)36-17-22(2)27-11-8-23(16-25(27)20-42-3)18-37-14-12-31(13-15-37)21-38(30(41)43-31)26-6-5-7-28(40)24(19-39)9-10-26/h4-11,16-17,24,39H,2,12-15,18-21H2,1,3H3/b7-5?,10-9?,26-6?,29-4-,36-17?. The average molecular weight is 600 g/mol. The van der Waals surface area contributed by atoms with Crippen LogP contribution >= 0.6 is 0 Å². The van der Waals surface area contributed by atoms with Crippen molar-refractivity contribution in [1.82, 2.24) is 9.80 Å². The SMILES string of the molecule is C=C(C=N/C(=C\C)C(F)(F)F)c1ccc(CN2CCC3(CC2)CN(C2=CC=CC(=O)C(CO)C=C2)C(=O)O3)cc1COC. The highest BCUT2D eigenvalue weighted by molar-refractivity contribution is 6.09. The molecule has 2 fully saturated rings. The van der Waals surface area contributed by atoms with Gasteiger partial charge in [0.05, 0.1) is 25.7 Å². The summed E-state index contributed by atoms with van der Waals surface area (Å²) in [5.41, 5.74) is 1.80. The molecule has 1 amide bonds. The Bertz CT molecular complexity index is 1380. The number of carbonyl (C=O) groups excluding carboxylic acids is 2. The molecule has 230 valence electrons. The van der Waals surface area contributed by atoms with Gasteiger partial charge in [-0.05, 0) is 47.4 Å². The Morgan fingerprint density at radius 1 is 1.26 bits per heavy atom. The van der Waals surface area contributed by atoms with Gasteiger partial charge in [-0.2, -0.15) is 13.2 Å². The van der Waals surface area contributed by atoms with E-state index in [1.54, 1.807) is 36.3 Å². The first-order chi connectivity index (χ1) is 20.5. The smallest absolute Gasteiger partial charge is 0.433 e. The summed E-state index contributed by atoms with van der Waals surface area (Å²) >= 11 is 0. The lowest BCUT2D eigenvalue weighted by Gasteiger charge is -2.37. The molecule has 1 atom stereocenters. The van der Waals surface area contributed by atoms with E-state index < -0.39 is 29.5 Å². The number of ether oxygens (including phenoxy) is 2. The van der Waals surface area contributed by atoms with E-state index in [1.165, 1.54) is 13.0 Å². The molecular weight excluding hydrogens is 563 g/mol. The van der Waals surface area contributed by atoms with Crippen LogP contribution < -0.4 is 0 Å². The number of ketones is 1. The third kappa shape index (κ3) is 7.78. The summed E-state index contributed by atoms with van der Waals surface area (Å²) in [4.78, 5) is 32.3. The van der Waals surface area contributed by atoms with Gasteiger partial charge in [-0.15, -0.1) is 0 Å². The predicted molar refractivity (Wildman–Crippen MR) is 157 cm³/mol. The van der Waals surface area contributed by atoms with Gasteiger partial charge >= 0.3 is 12.3 Å². The van der Waals surface area contributed by atoms with Crippen molar-refractivity contribution in [1.29, 1.82) is 0 Å². The van der Waals surface area contributed by atoms with Crippen LogP contribution in [0.1, 0.15) is 36.5 Å². The fourth-order valence-corrected chi connectivity index (χ4v) is 5.38. The van der Waals surface area contributed by atoms with Crippen molar-refractivity contribution in [2.75, 3.05) is 33.4 Å². The number of methoxy groups -OCH3 is 1. The summed E-state index contributed by atoms with van der Waals surface area (Å²) in [6, 6.07) is 5.70. The van der Waals surface area contributed by atoms with Crippen LogP contribution in [0.4, 0.5) is 18.0 Å². The number of alkyl halides is 3. The van der Waals surface area contributed by atoms with Crippen molar-refractivity contribution in [3.05, 3.63) is 89.3 Å². The zero-order valence-corrected chi connectivity index (χ0v) is 24.3. The summed E-state index contributed by atoms with van der Waals surface area (Å²) in [6.07, 6.45) is 6.28. The Hall–Kier alpha value is -3.80. The molecule has 0 bridgehead atoms. The quantitative estimate of drug-likeness (QED) is 0.385. The molecule has 2 aliphatic heterocycles. The third-order valence-corrected chi connectivity index (χ3v) is 7.78. The number of aliphatic hydroxyl groups excluding tert-OH is 1. The molecule has 0 radical (unpaired) electrons. The van der Waals surface area contributed by atoms with E-state index in [0.29, 0.717) is 55.9 Å². The highest BCUT2D eigenvalue weighted by Crippen LogP contribution is 2.36. The number of hydrogen-bond acceptors (Lipinski definition) is 7. The van der Waals surface area contributed by atoms with Gasteiger partial charge in [0, 0.05) is 51.5 Å². The maximum atomic E-state index is 13.0. The number of amides is 1. The topological polar surface area (TPSA) is 91.7 Å². The minimum atomic E-state index is -4.54. The van der Waals surface area contributed by atoms with Crippen LogP contribution in [0.2, 0.25) is 0 Å². The minimum Gasteiger partial charge on any atom is -0.441 e. The molecule has 2 heterocycles. The zero-order valence-electron chi connectivity index (χ0n) is 24.3. The molecule has 1 aliphatic carbocycles. The molecule has 3 aliphatic rings. The van der Waals surface area contributed by atoms with Crippen molar-refractivity contribution in [3.63, 3.8) is 0 Å². The van der Waals surface area contributed by atoms with E-state index in [9.17, 15) is 27.9 Å². The Balaban J connectivity index is 1.40. The molecule has 2 saturated heterocycles. The van der Waals surface area contributed by atoms with Crippen LogP contribution in [0.15, 0.2) is 77.6 Å². The number of likely N-dealkylation sites (tertiary alicyclic amines) is 1. The second kappa shape index (κ2) is 13.7. The van der Waals surface area contributed by atoms with E-state index in [2.05, 4.69) is 16.5 Å². The van der Waals surface area contributed by atoms with Gasteiger partial charge in [-0.25, -0.2) is 4.79 Å². The van der Waals surface area contributed by atoms with E-state index in [4.69, 9.17) is 9.47 Å². The number of rotatable bonds is 9. The van der Waals surface area contributed by atoms with Crippen molar-refractivity contribution < 1.29 is 37.3 Å². The average Bonchev–Trinajstić information content (AvgIpc) is 3.27. The maximum absolute atomic E-state index is 13.0. The molecule has 4 rings (SSSR count). The highest BCUT2D eigenvalue weighted by atomic mass is 19.4. The number of hydrogen-bond donors (Lipinski definition) is 1. The number of piperidine rings is 1. The second-order valence-electron chi connectivity index (χ2n) is 10.8. The van der Waals surface area contributed by atoms with E-state index in [-0.39, 0.29) is 19.0 Å². The molecule has 1 unspecified atom stereocenters. The number of benzene rings is 1. The maximum Gasteiger partial charge on any atom is 0.433 e. The van der Waals surface area contributed by atoms with E-state index in [1.807, 2.05) is 18.2 Å². The Kier molecular flexibility index (Phi) is 10.2. The number of aliphatic imine (C=N–C) groups is 1. The highest BCUT2D eigenvalue weighted by Gasteiger charge is 2.47. The molecule has 0 aromatic heterocycles. The van der Waals surface area contributed by atoms with Crippen LogP contribution in [0, 0.1) is 5.92 Å². The second-order valence-corrected chi connectivity index (χ2v) is 10.8. The van der Waals surface area contributed by atoms with Gasteiger partial charge in [0.25, 0.3) is 0 Å². The third-order valence-electron chi connectivity index (χ3n) is 7.78. The van der Waals surface area contributed by atoms with Gasteiger partial charge in [0.15, 0.2) is 5.78 Å². The van der Waals surface area contributed by atoms with E-state index >= 15 is 0 Å². The predicted octanol–water partition coefficient (Wildman–Crippen LogP) is 5.36. The fraction of sp³-hybridized carbons (Fsp3) is 0.406. The molecule has 11 heteroatoms. The zero-order chi connectivity index (χ0) is 31.2. The summed E-state index contributed by atoms with van der Waals surface area (Å²) in [7, 11) is 1.55. The van der Waals surface area contributed by atoms with Gasteiger partial charge < -0.3 is 14.6 Å². The first-order valence-electron chi connectivity index (χ1n) is 14.0. The van der Waals surface area contributed by atoms with Gasteiger partial charge in [0.1, 0.15) is 11.3 Å². The summed E-state index contributed by atoms with van der Waals surface area (Å²) < 4.78 is 50.4.